The minimum atomic E-state index is -3.65. The summed E-state index contributed by atoms with van der Waals surface area (Å²) in [6.45, 7) is 5.85. The fraction of sp³-hybridized carbons (Fsp3) is 0.409. The van der Waals surface area contributed by atoms with Gasteiger partial charge in [0.1, 0.15) is 13.2 Å². The zero-order valence-corrected chi connectivity index (χ0v) is 19.1. The van der Waals surface area contributed by atoms with Crippen LogP contribution >= 0.6 is 11.6 Å². The predicted molar refractivity (Wildman–Crippen MR) is 117 cm³/mol. The Morgan fingerprint density at radius 2 is 1.65 bits per heavy atom. The van der Waals surface area contributed by atoms with Crippen LogP contribution in [0.5, 0.6) is 11.5 Å². The topological polar surface area (TPSA) is 76.2 Å². The van der Waals surface area contributed by atoms with E-state index in [2.05, 4.69) is 0 Å². The number of hydrogen-bond donors (Lipinski definition) is 0. The first-order chi connectivity index (χ1) is 14.7. The van der Waals surface area contributed by atoms with Crippen LogP contribution < -0.4 is 9.47 Å². The standard InChI is InChI=1S/C22H25ClN2O5S/c1-22(2,16-6-7-19-20(14-16)30-13-12-29-19)21(26)24-8-10-25(11-9-24)31(27,28)18-5-3-4-17(23)15-18/h3-7,14-15H,8-13H2,1-2H3. The van der Waals surface area contributed by atoms with Gasteiger partial charge in [-0.05, 0) is 49.7 Å². The van der Waals surface area contributed by atoms with Gasteiger partial charge in [-0.1, -0.05) is 23.7 Å². The van der Waals surface area contributed by atoms with Gasteiger partial charge >= 0.3 is 0 Å². The molecular weight excluding hydrogens is 440 g/mol. The summed E-state index contributed by atoms with van der Waals surface area (Å²) in [5.41, 5.74) is 0.0415. The molecular formula is C22H25ClN2O5S. The molecule has 0 aromatic heterocycles. The summed E-state index contributed by atoms with van der Waals surface area (Å²) in [6.07, 6.45) is 0. The molecule has 1 amide bonds. The highest BCUT2D eigenvalue weighted by Gasteiger charge is 2.38. The van der Waals surface area contributed by atoms with Crippen LogP contribution in [0.1, 0.15) is 19.4 Å². The molecule has 0 atom stereocenters. The Labute approximate surface area is 187 Å². The summed E-state index contributed by atoms with van der Waals surface area (Å²) in [7, 11) is -3.65. The van der Waals surface area contributed by atoms with Crippen LogP contribution in [0.2, 0.25) is 5.02 Å². The van der Waals surface area contributed by atoms with Crippen LogP contribution in [0.4, 0.5) is 0 Å². The van der Waals surface area contributed by atoms with E-state index >= 15 is 0 Å². The van der Waals surface area contributed by atoms with E-state index in [0.717, 1.165) is 5.56 Å². The smallest absolute Gasteiger partial charge is 0.243 e. The van der Waals surface area contributed by atoms with Gasteiger partial charge in [0.15, 0.2) is 11.5 Å². The zero-order valence-electron chi connectivity index (χ0n) is 17.5. The molecule has 0 unspecified atom stereocenters. The van der Waals surface area contributed by atoms with Crippen LogP contribution in [-0.4, -0.2) is 62.9 Å². The monoisotopic (exact) mass is 464 g/mol. The molecule has 0 spiro atoms. The number of ether oxygens (including phenoxy) is 2. The molecule has 0 saturated carbocycles. The molecule has 7 nitrogen and oxygen atoms in total. The van der Waals surface area contributed by atoms with Crippen molar-refractivity contribution in [3.05, 3.63) is 53.1 Å². The number of piperazine rings is 1. The van der Waals surface area contributed by atoms with E-state index in [-0.39, 0.29) is 23.9 Å². The number of hydrogen-bond acceptors (Lipinski definition) is 5. The highest BCUT2D eigenvalue weighted by Crippen LogP contribution is 2.36. The van der Waals surface area contributed by atoms with Crippen molar-refractivity contribution in [1.82, 2.24) is 9.21 Å². The van der Waals surface area contributed by atoms with E-state index in [4.69, 9.17) is 21.1 Å². The molecule has 1 saturated heterocycles. The van der Waals surface area contributed by atoms with E-state index in [0.29, 0.717) is 42.8 Å². The van der Waals surface area contributed by atoms with Crippen LogP contribution in [0.25, 0.3) is 0 Å². The first-order valence-electron chi connectivity index (χ1n) is 10.1. The maximum atomic E-state index is 13.3. The number of benzene rings is 2. The molecule has 31 heavy (non-hydrogen) atoms. The molecule has 166 valence electrons. The molecule has 2 aromatic carbocycles. The number of carbonyl (C=O) groups excluding carboxylic acids is 1. The second-order valence-electron chi connectivity index (χ2n) is 8.14. The first kappa shape index (κ1) is 21.9. The molecule has 9 heteroatoms. The maximum absolute atomic E-state index is 13.3. The van der Waals surface area contributed by atoms with E-state index in [1.54, 1.807) is 17.0 Å². The Morgan fingerprint density at radius 1 is 0.968 bits per heavy atom. The summed E-state index contributed by atoms with van der Waals surface area (Å²) in [4.78, 5) is 15.2. The van der Waals surface area contributed by atoms with Crippen LogP contribution in [0.15, 0.2) is 47.4 Å². The average Bonchev–Trinajstić information content (AvgIpc) is 2.78. The van der Waals surface area contributed by atoms with Crippen molar-refractivity contribution in [2.24, 2.45) is 0 Å². The third-order valence-electron chi connectivity index (χ3n) is 5.76. The summed E-state index contributed by atoms with van der Waals surface area (Å²) in [5, 5.41) is 0.371. The molecule has 0 radical (unpaired) electrons. The van der Waals surface area contributed by atoms with Gasteiger partial charge in [0.2, 0.25) is 15.9 Å². The van der Waals surface area contributed by atoms with Crippen molar-refractivity contribution in [3.8, 4) is 11.5 Å². The second-order valence-corrected chi connectivity index (χ2v) is 10.5. The molecule has 2 aliphatic heterocycles. The molecule has 2 aliphatic rings. The predicted octanol–water partition coefficient (Wildman–Crippen LogP) is 2.92. The molecule has 0 bridgehead atoms. The number of fused-ring (bicyclic) bond motifs is 1. The molecule has 1 fully saturated rings. The van der Waals surface area contributed by atoms with Gasteiger partial charge in [-0.25, -0.2) is 8.42 Å². The SMILES string of the molecule is CC(C)(C(=O)N1CCN(S(=O)(=O)c2cccc(Cl)c2)CC1)c1ccc2c(c1)OCCO2. The molecule has 0 aliphatic carbocycles. The number of sulfonamides is 1. The summed E-state index contributed by atoms with van der Waals surface area (Å²) < 4.78 is 38.4. The van der Waals surface area contributed by atoms with Crippen molar-refractivity contribution in [1.29, 1.82) is 0 Å². The quantitative estimate of drug-likeness (QED) is 0.695. The lowest BCUT2D eigenvalue weighted by atomic mass is 9.82. The lowest BCUT2D eigenvalue weighted by Gasteiger charge is -2.38. The van der Waals surface area contributed by atoms with Crippen molar-refractivity contribution >= 4 is 27.5 Å². The fourth-order valence-electron chi connectivity index (χ4n) is 3.86. The number of halogens is 1. The summed E-state index contributed by atoms with van der Waals surface area (Å²) in [6, 6.07) is 11.8. The fourth-order valence-corrected chi connectivity index (χ4v) is 5.58. The Balaban J connectivity index is 1.46. The zero-order chi connectivity index (χ0) is 22.2. The summed E-state index contributed by atoms with van der Waals surface area (Å²) in [5.74, 6) is 1.27. The van der Waals surface area contributed by atoms with Gasteiger partial charge in [-0.2, -0.15) is 4.31 Å². The lowest BCUT2D eigenvalue weighted by Crippen LogP contribution is -2.54. The highest BCUT2D eigenvalue weighted by molar-refractivity contribution is 7.89. The van der Waals surface area contributed by atoms with Crippen LogP contribution in [0, 0.1) is 0 Å². The van der Waals surface area contributed by atoms with Crippen molar-refractivity contribution in [2.45, 2.75) is 24.2 Å². The third kappa shape index (κ3) is 4.24. The van der Waals surface area contributed by atoms with Crippen molar-refractivity contribution < 1.29 is 22.7 Å². The van der Waals surface area contributed by atoms with Crippen molar-refractivity contribution in [3.63, 3.8) is 0 Å². The first-order valence-corrected chi connectivity index (χ1v) is 12.0. The van der Waals surface area contributed by atoms with Gasteiger partial charge < -0.3 is 14.4 Å². The highest BCUT2D eigenvalue weighted by atomic mass is 35.5. The molecule has 2 heterocycles. The van der Waals surface area contributed by atoms with Gasteiger partial charge in [-0.15, -0.1) is 0 Å². The Morgan fingerprint density at radius 3 is 2.32 bits per heavy atom. The van der Waals surface area contributed by atoms with Crippen LogP contribution in [0.3, 0.4) is 0 Å². The van der Waals surface area contributed by atoms with Gasteiger partial charge in [0.05, 0.1) is 10.3 Å². The number of amides is 1. The van der Waals surface area contributed by atoms with E-state index in [1.165, 1.54) is 16.4 Å². The van der Waals surface area contributed by atoms with Crippen LogP contribution in [-0.2, 0) is 20.2 Å². The number of rotatable bonds is 4. The number of carbonyl (C=O) groups is 1. The Bertz CT molecular complexity index is 1090. The third-order valence-corrected chi connectivity index (χ3v) is 7.89. The van der Waals surface area contributed by atoms with E-state index in [9.17, 15) is 13.2 Å². The molecule has 4 rings (SSSR count). The maximum Gasteiger partial charge on any atom is 0.243 e. The largest absolute Gasteiger partial charge is 0.486 e. The lowest BCUT2D eigenvalue weighted by molar-refractivity contribution is -0.137. The average molecular weight is 465 g/mol. The second kappa shape index (κ2) is 8.33. The van der Waals surface area contributed by atoms with Gasteiger partial charge in [0, 0.05) is 31.2 Å². The normalized spacial score (nSPS) is 17.5. The van der Waals surface area contributed by atoms with E-state index in [1.807, 2.05) is 32.0 Å². The minimum absolute atomic E-state index is 0.0519. The number of nitrogens with zero attached hydrogens (tertiary/aromatic N) is 2. The Kier molecular flexibility index (Phi) is 5.89. The molecule has 2 aromatic rings. The van der Waals surface area contributed by atoms with Crippen molar-refractivity contribution in [2.75, 3.05) is 39.4 Å². The summed E-state index contributed by atoms with van der Waals surface area (Å²) >= 11 is 5.95. The van der Waals surface area contributed by atoms with Gasteiger partial charge in [0.25, 0.3) is 0 Å². The molecule has 0 N–H and O–H groups in total. The minimum Gasteiger partial charge on any atom is -0.486 e. The van der Waals surface area contributed by atoms with Gasteiger partial charge in [-0.3, -0.25) is 4.79 Å². The van der Waals surface area contributed by atoms with E-state index < -0.39 is 15.4 Å². The Hall–Kier alpha value is -2.29.